The van der Waals surface area contributed by atoms with E-state index in [0.717, 1.165) is 68.7 Å². The van der Waals surface area contributed by atoms with Crippen LogP contribution in [0.5, 0.6) is 0 Å². The molecule has 1 aliphatic heterocycles. The summed E-state index contributed by atoms with van der Waals surface area (Å²) < 4.78 is 0. The molecule has 0 bridgehead atoms. The van der Waals surface area contributed by atoms with Gasteiger partial charge in [0.1, 0.15) is 5.82 Å². The predicted molar refractivity (Wildman–Crippen MR) is 110 cm³/mol. The molecule has 0 radical (unpaired) electrons. The Bertz CT molecular complexity index is 665. The van der Waals surface area contributed by atoms with Crippen molar-refractivity contribution in [3.8, 4) is 11.3 Å². The highest BCUT2D eigenvalue weighted by molar-refractivity contribution is 5.64. The molecular weight excluding hydrogens is 322 g/mol. The summed E-state index contributed by atoms with van der Waals surface area (Å²) in [4.78, 5) is 14.5. The Morgan fingerprint density at radius 2 is 1.73 bits per heavy atom. The lowest BCUT2D eigenvalue weighted by atomic mass is 10.1. The Kier molecular flexibility index (Phi) is 6.83. The minimum atomic E-state index is 0.746. The van der Waals surface area contributed by atoms with E-state index in [4.69, 9.17) is 9.97 Å². The number of nitrogens with zero attached hydrogens (tertiary/aromatic N) is 4. The normalized spacial score (nSPS) is 15.2. The van der Waals surface area contributed by atoms with E-state index in [9.17, 15) is 0 Å². The van der Waals surface area contributed by atoms with Crippen molar-refractivity contribution in [2.24, 2.45) is 0 Å². The second kappa shape index (κ2) is 9.53. The number of nitrogens with one attached hydrogen (secondary N) is 1. The third kappa shape index (κ3) is 4.94. The molecule has 0 unspecified atom stereocenters. The van der Waals surface area contributed by atoms with Crippen molar-refractivity contribution in [3.05, 3.63) is 36.4 Å². The third-order valence-electron chi connectivity index (χ3n) is 4.99. The average molecular weight is 354 g/mol. The van der Waals surface area contributed by atoms with Crippen LogP contribution in [0.3, 0.4) is 0 Å². The van der Waals surface area contributed by atoms with E-state index in [-0.39, 0.29) is 0 Å². The van der Waals surface area contributed by atoms with Crippen LogP contribution in [0, 0.1) is 0 Å². The lowest BCUT2D eigenvalue weighted by molar-refractivity contribution is 0.270. The summed E-state index contributed by atoms with van der Waals surface area (Å²) in [6, 6.07) is 12.5. The van der Waals surface area contributed by atoms with Gasteiger partial charge < -0.3 is 15.1 Å². The highest BCUT2D eigenvalue weighted by Gasteiger charge is 2.18. The zero-order chi connectivity index (χ0) is 18.2. The maximum atomic E-state index is 4.82. The first-order valence-corrected chi connectivity index (χ1v) is 9.95. The molecule has 2 aromatic rings. The van der Waals surface area contributed by atoms with E-state index in [1.165, 1.54) is 12.8 Å². The fourth-order valence-electron chi connectivity index (χ4n) is 3.30. The monoisotopic (exact) mass is 353 g/mol. The number of piperazine rings is 1. The quantitative estimate of drug-likeness (QED) is 0.730. The zero-order valence-corrected chi connectivity index (χ0v) is 16.1. The van der Waals surface area contributed by atoms with Gasteiger partial charge in [-0.05, 0) is 13.0 Å². The lowest BCUT2D eigenvalue weighted by Gasteiger charge is -2.35. The SMILES string of the molecule is CCCCCNc1nc(-c2ccccc2)cc(N2CCN(CC)CC2)n1. The van der Waals surface area contributed by atoms with E-state index < -0.39 is 0 Å². The molecule has 1 fully saturated rings. The van der Waals surface area contributed by atoms with E-state index in [0.29, 0.717) is 0 Å². The van der Waals surface area contributed by atoms with Crippen molar-refractivity contribution in [3.63, 3.8) is 0 Å². The predicted octanol–water partition coefficient (Wildman–Crippen LogP) is 3.89. The minimum absolute atomic E-state index is 0.746. The van der Waals surface area contributed by atoms with Gasteiger partial charge in [-0.1, -0.05) is 57.0 Å². The fourth-order valence-corrected chi connectivity index (χ4v) is 3.30. The topological polar surface area (TPSA) is 44.3 Å². The highest BCUT2D eigenvalue weighted by Crippen LogP contribution is 2.24. The summed E-state index contributed by atoms with van der Waals surface area (Å²) in [6.45, 7) is 10.7. The summed E-state index contributed by atoms with van der Waals surface area (Å²) >= 11 is 0. The van der Waals surface area contributed by atoms with Gasteiger partial charge in [0.2, 0.25) is 5.95 Å². The average Bonchev–Trinajstić information content (AvgIpc) is 2.72. The van der Waals surface area contributed by atoms with Gasteiger partial charge >= 0.3 is 0 Å². The second-order valence-electron chi connectivity index (χ2n) is 6.86. The molecule has 0 amide bonds. The van der Waals surface area contributed by atoms with E-state index in [2.05, 4.69) is 59.3 Å². The molecule has 5 nitrogen and oxygen atoms in total. The second-order valence-corrected chi connectivity index (χ2v) is 6.86. The molecule has 0 spiro atoms. The molecule has 2 heterocycles. The van der Waals surface area contributed by atoms with Gasteiger partial charge in [0, 0.05) is 44.4 Å². The molecule has 1 aliphatic rings. The molecule has 140 valence electrons. The van der Waals surface area contributed by atoms with Crippen LogP contribution in [-0.4, -0.2) is 54.1 Å². The smallest absolute Gasteiger partial charge is 0.225 e. The van der Waals surface area contributed by atoms with Gasteiger partial charge in [-0.25, -0.2) is 4.98 Å². The first-order valence-electron chi connectivity index (χ1n) is 9.95. The molecule has 1 N–H and O–H groups in total. The Morgan fingerprint density at radius 1 is 0.962 bits per heavy atom. The molecule has 0 saturated carbocycles. The molecule has 1 aromatic carbocycles. The van der Waals surface area contributed by atoms with Gasteiger partial charge in [0.25, 0.3) is 0 Å². The molecular formula is C21H31N5. The number of unbranched alkanes of at least 4 members (excludes halogenated alkanes) is 2. The van der Waals surface area contributed by atoms with Crippen LogP contribution in [0.2, 0.25) is 0 Å². The van der Waals surface area contributed by atoms with Crippen LogP contribution < -0.4 is 10.2 Å². The number of hydrogen-bond acceptors (Lipinski definition) is 5. The first-order chi connectivity index (χ1) is 12.8. The molecule has 26 heavy (non-hydrogen) atoms. The van der Waals surface area contributed by atoms with Gasteiger partial charge in [0.05, 0.1) is 5.69 Å². The van der Waals surface area contributed by atoms with Crippen LogP contribution >= 0.6 is 0 Å². The summed E-state index contributed by atoms with van der Waals surface area (Å²) in [5.41, 5.74) is 2.13. The fraction of sp³-hybridized carbons (Fsp3) is 0.524. The van der Waals surface area contributed by atoms with Crippen LogP contribution in [0.15, 0.2) is 36.4 Å². The largest absolute Gasteiger partial charge is 0.354 e. The number of rotatable bonds is 8. The Morgan fingerprint density at radius 3 is 2.42 bits per heavy atom. The van der Waals surface area contributed by atoms with Crippen molar-refractivity contribution in [1.29, 1.82) is 0 Å². The van der Waals surface area contributed by atoms with Crippen molar-refractivity contribution in [1.82, 2.24) is 14.9 Å². The molecule has 0 aliphatic carbocycles. The summed E-state index contributed by atoms with van der Waals surface area (Å²) in [6.07, 6.45) is 3.61. The van der Waals surface area contributed by atoms with Gasteiger partial charge in [0.15, 0.2) is 0 Å². The Hall–Kier alpha value is -2.14. The van der Waals surface area contributed by atoms with Crippen molar-refractivity contribution in [2.75, 3.05) is 49.5 Å². The Labute approximate surface area is 157 Å². The number of hydrogen-bond donors (Lipinski definition) is 1. The Balaban J connectivity index is 1.80. The maximum absolute atomic E-state index is 4.82. The van der Waals surface area contributed by atoms with Gasteiger partial charge in [-0.3, -0.25) is 0 Å². The third-order valence-corrected chi connectivity index (χ3v) is 4.99. The molecule has 3 rings (SSSR count). The summed E-state index contributed by atoms with van der Waals surface area (Å²) in [5, 5.41) is 3.43. The molecule has 5 heteroatoms. The van der Waals surface area contributed by atoms with Gasteiger partial charge in [-0.15, -0.1) is 0 Å². The van der Waals surface area contributed by atoms with E-state index in [1.807, 2.05) is 6.07 Å². The first kappa shape index (κ1) is 18.6. The van der Waals surface area contributed by atoms with Crippen molar-refractivity contribution < 1.29 is 0 Å². The number of aromatic nitrogens is 2. The van der Waals surface area contributed by atoms with Crippen molar-refractivity contribution >= 4 is 11.8 Å². The van der Waals surface area contributed by atoms with Crippen LogP contribution in [-0.2, 0) is 0 Å². The standard InChI is InChI=1S/C21H31N5/c1-3-5-9-12-22-21-23-19(18-10-7-6-8-11-18)17-20(24-21)26-15-13-25(4-2)14-16-26/h6-8,10-11,17H,3-5,9,12-16H2,1-2H3,(H,22,23,24). The number of likely N-dealkylation sites (N-methyl/N-ethyl adjacent to an activating group) is 1. The van der Waals surface area contributed by atoms with E-state index >= 15 is 0 Å². The molecule has 1 saturated heterocycles. The van der Waals surface area contributed by atoms with Crippen LogP contribution in [0.25, 0.3) is 11.3 Å². The zero-order valence-electron chi connectivity index (χ0n) is 16.1. The number of anilines is 2. The maximum Gasteiger partial charge on any atom is 0.225 e. The summed E-state index contributed by atoms with van der Waals surface area (Å²) in [5.74, 6) is 1.78. The highest BCUT2D eigenvalue weighted by atomic mass is 15.3. The van der Waals surface area contributed by atoms with Crippen molar-refractivity contribution in [2.45, 2.75) is 33.1 Å². The molecule has 0 atom stereocenters. The van der Waals surface area contributed by atoms with Gasteiger partial charge in [-0.2, -0.15) is 4.98 Å². The lowest BCUT2D eigenvalue weighted by Crippen LogP contribution is -2.46. The molecule has 1 aromatic heterocycles. The minimum Gasteiger partial charge on any atom is -0.354 e. The summed E-state index contributed by atoms with van der Waals surface area (Å²) in [7, 11) is 0. The van der Waals surface area contributed by atoms with Crippen LogP contribution in [0.1, 0.15) is 33.1 Å². The van der Waals surface area contributed by atoms with E-state index in [1.54, 1.807) is 0 Å². The van der Waals surface area contributed by atoms with Crippen LogP contribution in [0.4, 0.5) is 11.8 Å². The number of benzene rings is 1.